The summed E-state index contributed by atoms with van der Waals surface area (Å²) in [4.78, 5) is 11.8. The van der Waals surface area contributed by atoms with Crippen LogP contribution in [0.1, 0.15) is 38.1 Å². The van der Waals surface area contributed by atoms with E-state index in [1.54, 1.807) is 6.92 Å². The van der Waals surface area contributed by atoms with E-state index in [1.807, 2.05) is 47.0 Å². The lowest BCUT2D eigenvalue weighted by atomic mass is 10.1. The molecule has 0 saturated heterocycles. The van der Waals surface area contributed by atoms with Gasteiger partial charge in [-0.25, -0.2) is 0 Å². The van der Waals surface area contributed by atoms with Gasteiger partial charge in [0.05, 0.1) is 19.0 Å². The first-order valence-corrected chi connectivity index (χ1v) is 11.2. The SMILES string of the molecule is CCCCOc1ccc(Cc2nnc(SCC(=O)OCC)n2-c2ccccc2)cc1. The smallest absolute Gasteiger partial charge is 0.316 e. The number of unbranched alkanes of at least 4 members (excludes halogenated alkanes) is 1. The molecule has 0 N–H and O–H groups in total. The molecule has 158 valence electrons. The average Bonchev–Trinajstić information content (AvgIpc) is 3.17. The van der Waals surface area contributed by atoms with Crippen molar-refractivity contribution in [1.82, 2.24) is 14.8 Å². The number of thioether (sulfide) groups is 1. The molecule has 0 unspecified atom stereocenters. The van der Waals surface area contributed by atoms with E-state index in [0.717, 1.165) is 42.3 Å². The minimum Gasteiger partial charge on any atom is -0.494 e. The molecule has 2 aromatic carbocycles. The second-order valence-corrected chi connectivity index (χ2v) is 7.63. The van der Waals surface area contributed by atoms with Gasteiger partial charge < -0.3 is 9.47 Å². The standard InChI is InChI=1S/C23H27N3O3S/c1-3-5-15-29-20-13-11-18(12-14-20)16-21-24-25-23(30-17-22(27)28-4-2)26(21)19-9-7-6-8-10-19/h6-14H,3-5,15-17H2,1-2H3. The van der Waals surface area contributed by atoms with E-state index in [-0.39, 0.29) is 11.7 Å². The topological polar surface area (TPSA) is 66.2 Å². The number of rotatable bonds is 11. The molecule has 0 saturated carbocycles. The summed E-state index contributed by atoms with van der Waals surface area (Å²) >= 11 is 1.33. The van der Waals surface area contributed by atoms with Gasteiger partial charge >= 0.3 is 5.97 Å². The second-order valence-electron chi connectivity index (χ2n) is 6.69. The van der Waals surface area contributed by atoms with Gasteiger partial charge in [-0.15, -0.1) is 10.2 Å². The van der Waals surface area contributed by atoms with Gasteiger partial charge in [-0.1, -0.05) is 55.4 Å². The van der Waals surface area contributed by atoms with Crippen LogP contribution in [0.25, 0.3) is 5.69 Å². The Morgan fingerprint density at radius 1 is 1.03 bits per heavy atom. The normalized spacial score (nSPS) is 10.7. The van der Waals surface area contributed by atoms with Crippen LogP contribution in [0.5, 0.6) is 5.75 Å². The number of para-hydroxylation sites is 1. The number of hydrogen-bond donors (Lipinski definition) is 0. The lowest BCUT2D eigenvalue weighted by molar-refractivity contribution is -0.139. The number of hydrogen-bond acceptors (Lipinski definition) is 6. The maximum Gasteiger partial charge on any atom is 0.316 e. The van der Waals surface area contributed by atoms with E-state index in [9.17, 15) is 4.79 Å². The Hall–Kier alpha value is -2.80. The average molecular weight is 426 g/mol. The molecule has 7 heteroatoms. The highest BCUT2D eigenvalue weighted by Gasteiger charge is 2.16. The Labute approximate surface area is 181 Å². The van der Waals surface area contributed by atoms with Crippen molar-refractivity contribution in [1.29, 1.82) is 0 Å². The van der Waals surface area contributed by atoms with Crippen LogP contribution >= 0.6 is 11.8 Å². The van der Waals surface area contributed by atoms with Gasteiger partial charge in [0, 0.05) is 12.1 Å². The molecule has 0 amide bonds. The third-order valence-corrected chi connectivity index (χ3v) is 5.29. The van der Waals surface area contributed by atoms with Gasteiger partial charge in [-0.05, 0) is 43.2 Å². The van der Waals surface area contributed by atoms with Crippen molar-refractivity contribution in [3.05, 3.63) is 66.0 Å². The monoisotopic (exact) mass is 425 g/mol. The maximum absolute atomic E-state index is 11.8. The van der Waals surface area contributed by atoms with Gasteiger partial charge in [0.15, 0.2) is 5.16 Å². The van der Waals surface area contributed by atoms with Crippen molar-refractivity contribution in [2.24, 2.45) is 0 Å². The largest absolute Gasteiger partial charge is 0.494 e. The summed E-state index contributed by atoms with van der Waals surface area (Å²) in [6.45, 7) is 5.05. The lowest BCUT2D eigenvalue weighted by Gasteiger charge is -2.11. The fourth-order valence-electron chi connectivity index (χ4n) is 2.89. The molecule has 0 radical (unpaired) electrons. The molecule has 0 atom stereocenters. The minimum atomic E-state index is -0.259. The summed E-state index contributed by atoms with van der Waals surface area (Å²) < 4.78 is 12.8. The predicted molar refractivity (Wildman–Crippen MR) is 118 cm³/mol. The highest BCUT2D eigenvalue weighted by molar-refractivity contribution is 7.99. The Morgan fingerprint density at radius 2 is 1.80 bits per heavy atom. The van der Waals surface area contributed by atoms with Crippen molar-refractivity contribution in [3.8, 4) is 11.4 Å². The van der Waals surface area contributed by atoms with E-state index in [2.05, 4.69) is 29.3 Å². The van der Waals surface area contributed by atoms with Crippen molar-refractivity contribution in [2.75, 3.05) is 19.0 Å². The molecule has 0 aliphatic carbocycles. The first kappa shape index (κ1) is 21.9. The molecular weight excluding hydrogens is 398 g/mol. The summed E-state index contributed by atoms with van der Waals surface area (Å²) in [6, 6.07) is 18.0. The Bertz CT molecular complexity index is 927. The molecule has 0 aliphatic heterocycles. The van der Waals surface area contributed by atoms with Crippen LogP contribution in [-0.2, 0) is 16.0 Å². The van der Waals surface area contributed by atoms with Crippen LogP contribution < -0.4 is 4.74 Å². The zero-order chi connectivity index (χ0) is 21.2. The van der Waals surface area contributed by atoms with Gasteiger partial charge in [0.2, 0.25) is 0 Å². The predicted octanol–water partition coefficient (Wildman–Crippen LogP) is 4.69. The molecule has 3 rings (SSSR count). The molecule has 3 aromatic rings. The van der Waals surface area contributed by atoms with Crippen LogP contribution in [0.4, 0.5) is 0 Å². The quantitative estimate of drug-likeness (QED) is 0.252. The number of carbonyl (C=O) groups is 1. The number of ether oxygens (including phenoxy) is 2. The molecular formula is C23H27N3O3S. The van der Waals surface area contributed by atoms with E-state index in [0.29, 0.717) is 18.2 Å². The molecule has 0 spiro atoms. The third kappa shape index (κ3) is 6.10. The highest BCUT2D eigenvalue weighted by Crippen LogP contribution is 2.24. The van der Waals surface area contributed by atoms with Crippen LogP contribution in [0.3, 0.4) is 0 Å². The Morgan fingerprint density at radius 3 is 2.50 bits per heavy atom. The first-order chi connectivity index (χ1) is 14.7. The molecule has 1 aromatic heterocycles. The van der Waals surface area contributed by atoms with Crippen molar-refractivity contribution < 1.29 is 14.3 Å². The van der Waals surface area contributed by atoms with Gasteiger partial charge in [0.1, 0.15) is 11.6 Å². The molecule has 6 nitrogen and oxygen atoms in total. The van der Waals surface area contributed by atoms with Gasteiger partial charge in [-0.3, -0.25) is 9.36 Å². The Balaban J connectivity index is 1.78. The van der Waals surface area contributed by atoms with Crippen molar-refractivity contribution in [3.63, 3.8) is 0 Å². The van der Waals surface area contributed by atoms with E-state index >= 15 is 0 Å². The third-order valence-electron chi connectivity index (χ3n) is 4.39. The van der Waals surface area contributed by atoms with Crippen molar-refractivity contribution >= 4 is 17.7 Å². The Kier molecular flexibility index (Phi) is 8.32. The number of benzene rings is 2. The fourth-order valence-corrected chi connectivity index (χ4v) is 3.66. The number of esters is 1. The zero-order valence-electron chi connectivity index (χ0n) is 17.4. The number of carbonyl (C=O) groups excluding carboxylic acids is 1. The highest BCUT2D eigenvalue weighted by atomic mass is 32.2. The molecule has 0 fully saturated rings. The summed E-state index contributed by atoms with van der Waals surface area (Å²) in [5.74, 6) is 1.63. The first-order valence-electron chi connectivity index (χ1n) is 10.2. The fraction of sp³-hybridized carbons (Fsp3) is 0.348. The summed E-state index contributed by atoms with van der Waals surface area (Å²) in [6.07, 6.45) is 2.79. The summed E-state index contributed by atoms with van der Waals surface area (Å²) in [7, 11) is 0. The van der Waals surface area contributed by atoms with Crippen LogP contribution in [-0.4, -0.2) is 39.7 Å². The molecule has 0 aliphatic rings. The van der Waals surface area contributed by atoms with Gasteiger partial charge in [0.25, 0.3) is 0 Å². The van der Waals surface area contributed by atoms with E-state index in [1.165, 1.54) is 11.8 Å². The minimum absolute atomic E-state index is 0.197. The zero-order valence-corrected chi connectivity index (χ0v) is 18.2. The second kappa shape index (κ2) is 11.4. The molecule has 30 heavy (non-hydrogen) atoms. The summed E-state index contributed by atoms with van der Waals surface area (Å²) in [5.41, 5.74) is 2.08. The lowest BCUT2D eigenvalue weighted by Crippen LogP contribution is -2.08. The summed E-state index contributed by atoms with van der Waals surface area (Å²) in [5, 5.41) is 9.41. The molecule has 0 bridgehead atoms. The number of aromatic nitrogens is 3. The maximum atomic E-state index is 11.8. The van der Waals surface area contributed by atoms with E-state index in [4.69, 9.17) is 9.47 Å². The van der Waals surface area contributed by atoms with Crippen LogP contribution in [0.15, 0.2) is 59.8 Å². The van der Waals surface area contributed by atoms with Crippen molar-refractivity contribution in [2.45, 2.75) is 38.3 Å². The number of nitrogens with zero attached hydrogens (tertiary/aromatic N) is 3. The van der Waals surface area contributed by atoms with Gasteiger partial charge in [-0.2, -0.15) is 0 Å². The molecule has 1 heterocycles. The van der Waals surface area contributed by atoms with Crippen LogP contribution in [0, 0.1) is 0 Å². The van der Waals surface area contributed by atoms with E-state index < -0.39 is 0 Å². The van der Waals surface area contributed by atoms with Crippen LogP contribution in [0.2, 0.25) is 0 Å².